The Labute approximate surface area is 114 Å². The highest BCUT2D eigenvalue weighted by Gasteiger charge is 2.31. The van der Waals surface area contributed by atoms with Crippen LogP contribution in [0.5, 0.6) is 0 Å². The summed E-state index contributed by atoms with van der Waals surface area (Å²) in [5, 5.41) is 0. The number of hydrogen-bond donors (Lipinski definition) is 1. The van der Waals surface area contributed by atoms with Crippen molar-refractivity contribution in [2.45, 2.75) is 26.1 Å². The number of rotatable bonds is 2. The van der Waals surface area contributed by atoms with Crippen LogP contribution in [0.3, 0.4) is 0 Å². The fourth-order valence-electron chi connectivity index (χ4n) is 1.88. The van der Waals surface area contributed by atoms with Crippen LogP contribution in [-0.2, 0) is 15.8 Å². The number of carbonyl (C=O) groups is 2. The molecule has 1 unspecified atom stereocenters. The van der Waals surface area contributed by atoms with Gasteiger partial charge in [0.2, 0.25) is 0 Å². The summed E-state index contributed by atoms with van der Waals surface area (Å²) >= 11 is 0. The first-order chi connectivity index (χ1) is 9.05. The van der Waals surface area contributed by atoms with Gasteiger partial charge in [0.15, 0.2) is 0 Å². The summed E-state index contributed by atoms with van der Waals surface area (Å²) in [4.78, 5) is 23.4. The number of primary amides is 1. The van der Waals surface area contributed by atoms with E-state index in [1.807, 2.05) is 0 Å². The molecular formula is C13H15F3N2O2. The number of alkyl halides is 3. The molecule has 0 radical (unpaired) electrons. The molecule has 0 aliphatic carbocycles. The lowest BCUT2D eigenvalue weighted by molar-refractivity contribution is -0.144. The average molecular weight is 288 g/mol. The molecule has 2 N–H and O–H groups in total. The second kappa shape index (κ2) is 5.52. The van der Waals surface area contributed by atoms with E-state index in [-0.39, 0.29) is 0 Å². The van der Waals surface area contributed by atoms with E-state index in [2.05, 4.69) is 0 Å². The number of amides is 2. The highest BCUT2D eigenvalue weighted by molar-refractivity contribution is 6.34. The standard InChI is InChI=1S/C13H15F3N2O2/c1-7-6-9(13(14,15)16)4-5-10(7)8(2)18(3)12(20)11(17)19/h4-6,8H,1-3H3,(H2,17,19). The van der Waals surface area contributed by atoms with Gasteiger partial charge in [0.25, 0.3) is 0 Å². The van der Waals surface area contributed by atoms with E-state index in [0.717, 1.165) is 17.0 Å². The first kappa shape index (κ1) is 16.0. The number of hydrogen-bond acceptors (Lipinski definition) is 2. The molecule has 0 aromatic heterocycles. The number of likely N-dealkylation sites (N-methyl/N-ethyl adjacent to an activating group) is 1. The number of nitrogens with two attached hydrogens (primary N) is 1. The third-order valence-electron chi connectivity index (χ3n) is 3.16. The summed E-state index contributed by atoms with van der Waals surface area (Å²) in [6, 6.07) is 2.70. The minimum absolute atomic E-state index is 0.386. The Morgan fingerprint density at radius 1 is 1.30 bits per heavy atom. The molecule has 1 rings (SSSR count). The Morgan fingerprint density at radius 3 is 2.25 bits per heavy atom. The molecule has 7 heteroatoms. The van der Waals surface area contributed by atoms with Crippen molar-refractivity contribution in [1.29, 1.82) is 0 Å². The lowest BCUT2D eigenvalue weighted by Crippen LogP contribution is -2.39. The van der Waals surface area contributed by atoms with Gasteiger partial charge in [-0.2, -0.15) is 13.2 Å². The second-order valence-electron chi connectivity index (χ2n) is 4.53. The van der Waals surface area contributed by atoms with Crippen LogP contribution in [0.1, 0.15) is 29.7 Å². The number of carbonyl (C=O) groups excluding carboxylic acids is 2. The van der Waals surface area contributed by atoms with Crippen molar-refractivity contribution >= 4 is 11.8 Å². The van der Waals surface area contributed by atoms with E-state index in [1.165, 1.54) is 20.0 Å². The molecule has 20 heavy (non-hydrogen) atoms. The van der Waals surface area contributed by atoms with Crippen molar-refractivity contribution in [1.82, 2.24) is 4.90 Å². The molecule has 0 bridgehead atoms. The summed E-state index contributed by atoms with van der Waals surface area (Å²) in [5.74, 6) is -2.00. The van der Waals surface area contributed by atoms with Gasteiger partial charge in [-0.1, -0.05) is 6.07 Å². The van der Waals surface area contributed by atoms with Crippen molar-refractivity contribution in [2.24, 2.45) is 5.73 Å². The molecule has 1 aromatic rings. The molecule has 4 nitrogen and oxygen atoms in total. The number of halogens is 3. The van der Waals surface area contributed by atoms with Gasteiger partial charge in [0.1, 0.15) is 0 Å². The molecule has 1 aromatic carbocycles. The maximum absolute atomic E-state index is 12.6. The molecule has 0 heterocycles. The van der Waals surface area contributed by atoms with Crippen LogP contribution in [0.4, 0.5) is 13.2 Å². The van der Waals surface area contributed by atoms with Gasteiger partial charge in [-0.15, -0.1) is 0 Å². The van der Waals surface area contributed by atoms with Crippen LogP contribution < -0.4 is 5.73 Å². The van der Waals surface area contributed by atoms with E-state index in [9.17, 15) is 22.8 Å². The van der Waals surface area contributed by atoms with Crippen molar-refractivity contribution < 1.29 is 22.8 Å². The molecular weight excluding hydrogens is 273 g/mol. The van der Waals surface area contributed by atoms with Gasteiger partial charge in [-0.3, -0.25) is 9.59 Å². The number of aryl methyl sites for hydroxylation is 1. The highest BCUT2D eigenvalue weighted by Crippen LogP contribution is 2.32. The minimum atomic E-state index is -4.42. The van der Waals surface area contributed by atoms with E-state index < -0.39 is 29.6 Å². The van der Waals surface area contributed by atoms with Crippen LogP contribution in [0.25, 0.3) is 0 Å². The van der Waals surface area contributed by atoms with Crippen LogP contribution >= 0.6 is 0 Å². The summed E-state index contributed by atoms with van der Waals surface area (Å²) in [5.41, 5.74) is 5.05. The van der Waals surface area contributed by atoms with Crippen molar-refractivity contribution in [2.75, 3.05) is 7.05 Å². The zero-order valence-corrected chi connectivity index (χ0v) is 11.3. The van der Waals surface area contributed by atoms with Crippen molar-refractivity contribution in [3.05, 3.63) is 34.9 Å². The molecule has 0 saturated heterocycles. The Hall–Kier alpha value is -2.05. The van der Waals surface area contributed by atoms with Crippen molar-refractivity contribution in [3.8, 4) is 0 Å². The zero-order valence-electron chi connectivity index (χ0n) is 11.3. The fraction of sp³-hybridized carbons (Fsp3) is 0.385. The maximum atomic E-state index is 12.6. The van der Waals surface area contributed by atoms with Crippen LogP contribution in [0.2, 0.25) is 0 Å². The Balaban J connectivity index is 3.09. The third-order valence-corrected chi connectivity index (χ3v) is 3.16. The Morgan fingerprint density at radius 2 is 1.85 bits per heavy atom. The summed E-state index contributed by atoms with van der Waals surface area (Å²) in [6.07, 6.45) is -4.42. The summed E-state index contributed by atoms with van der Waals surface area (Å²) in [7, 11) is 1.37. The van der Waals surface area contributed by atoms with Gasteiger partial charge in [-0.05, 0) is 37.1 Å². The predicted molar refractivity (Wildman–Crippen MR) is 66.6 cm³/mol. The smallest absolute Gasteiger partial charge is 0.361 e. The molecule has 0 aliphatic heterocycles. The molecule has 0 saturated carbocycles. The molecule has 0 aliphatic rings. The predicted octanol–water partition coefficient (Wildman–Crippen LogP) is 2.02. The van der Waals surface area contributed by atoms with Crippen LogP contribution in [0.15, 0.2) is 18.2 Å². The van der Waals surface area contributed by atoms with Gasteiger partial charge in [0.05, 0.1) is 11.6 Å². The molecule has 2 amide bonds. The number of benzene rings is 1. The molecule has 1 atom stereocenters. The quantitative estimate of drug-likeness (QED) is 0.846. The molecule has 0 fully saturated rings. The van der Waals surface area contributed by atoms with Crippen LogP contribution in [0, 0.1) is 6.92 Å². The lowest BCUT2D eigenvalue weighted by atomic mass is 9.98. The van der Waals surface area contributed by atoms with Gasteiger partial charge >= 0.3 is 18.0 Å². The SMILES string of the molecule is Cc1cc(C(F)(F)F)ccc1C(C)N(C)C(=O)C(N)=O. The van der Waals surface area contributed by atoms with Gasteiger partial charge in [0, 0.05) is 7.05 Å². The average Bonchev–Trinajstić information content (AvgIpc) is 2.34. The minimum Gasteiger partial charge on any atom is -0.361 e. The van der Waals surface area contributed by atoms with E-state index in [1.54, 1.807) is 6.92 Å². The second-order valence-corrected chi connectivity index (χ2v) is 4.53. The molecule has 110 valence electrons. The van der Waals surface area contributed by atoms with E-state index >= 15 is 0 Å². The summed E-state index contributed by atoms with van der Waals surface area (Å²) in [6.45, 7) is 3.13. The summed E-state index contributed by atoms with van der Waals surface area (Å²) < 4.78 is 37.7. The Bertz CT molecular complexity index is 541. The van der Waals surface area contributed by atoms with Crippen molar-refractivity contribution in [3.63, 3.8) is 0 Å². The Kier molecular flexibility index (Phi) is 4.42. The maximum Gasteiger partial charge on any atom is 0.416 e. The van der Waals surface area contributed by atoms with Gasteiger partial charge < -0.3 is 10.6 Å². The van der Waals surface area contributed by atoms with E-state index in [0.29, 0.717) is 11.1 Å². The fourth-order valence-corrected chi connectivity index (χ4v) is 1.88. The monoisotopic (exact) mass is 288 g/mol. The zero-order chi connectivity index (χ0) is 15.7. The topological polar surface area (TPSA) is 63.4 Å². The number of nitrogens with zero attached hydrogens (tertiary/aromatic N) is 1. The third kappa shape index (κ3) is 3.28. The first-order valence-corrected chi connectivity index (χ1v) is 5.80. The first-order valence-electron chi connectivity index (χ1n) is 5.80. The van der Waals surface area contributed by atoms with E-state index in [4.69, 9.17) is 5.73 Å². The van der Waals surface area contributed by atoms with Crippen LogP contribution in [-0.4, -0.2) is 23.8 Å². The molecule has 0 spiro atoms. The lowest BCUT2D eigenvalue weighted by Gasteiger charge is -2.25. The van der Waals surface area contributed by atoms with Gasteiger partial charge in [-0.25, -0.2) is 0 Å². The highest BCUT2D eigenvalue weighted by atomic mass is 19.4. The normalized spacial score (nSPS) is 12.9. The largest absolute Gasteiger partial charge is 0.416 e.